The minimum atomic E-state index is 1.04. The monoisotopic (exact) mass is 247 g/mol. The Morgan fingerprint density at radius 2 is 1.21 bits per heavy atom. The van der Waals surface area contributed by atoms with Crippen LogP contribution in [0.3, 0.4) is 0 Å². The number of hydrogen-bond donors (Lipinski definition) is 1. The maximum Gasteiger partial charge on any atom is 0.0189 e. The van der Waals surface area contributed by atoms with Crippen LogP contribution in [0.5, 0.6) is 0 Å². The smallest absolute Gasteiger partial charge is 0.0189 e. The normalized spacial score (nSPS) is 17.3. The molecule has 94 valence electrons. The first-order chi connectivity index (χ1) is 9.43. The highest BCUT2D eigenvalue weighted by atomic mass is 14.9. The van der Waals surface area contributed by atoms with Crippen LogP contribution in [0.2, 0.25) is 0 Å². The van der Waals surface area contributed by atoms with Crippen LogP contribution in [0.15, 0.2) is 54.1 Å². The van der Waals surface area contributed by atoms with Crippen LogP contribution in [-0.4, -0.2) is 13.1 Å². The first-order valence-electron chi connectivity index (χ1n) is 7.03. The SMILES string of the molecule is c1ccc2c(c1)CCc1ccccc1C2=C1CNC1. The van der Waals surface area contributed by atoms with E-state index in [0.29, 0.717) is 0 Å². The number of hydrogen-bond acceptors (Lipinski definition) is 1. The Kier molecular flexibility index (Phi) is 2.52. The molecule has 1 fully saturated rings. The molecule has 1 aliphatic carbocycles. The summed E-state index contributed by atoms with van der Waals surface area (Å²) in [4.78, 5) is 0. The van der Waals surface area contributed by atoms with Crippen LogP contribution in [0, 0.1) is 0 Å². The number of benzene rings is 2. The van der Waals surface area contributed by atoms with Crippen molar-refractivity contribution in [3.8, 4) is 0 Å². The third-order valence-electron chi connectivity index (χ3n) is 4.27. The van der Waals surface area contributed by atoms with E-state index in [0.717, 1.165) is 25.9 Å². The summed E-state index contributed by atoms with van der Waals surface area (Å²) in [5, 5.41) is 3.38. The molecular formula is C18H17N. The van der Waals surface area contributed by atoms with Gasteiger partial charge in [-0.05, 0) is 46.2 Å². The Hall–Kier alpha value is -1.86. The van der Waals surface area contributed by atoms with E-state index in [1.807, 2.05) is 0 Å². The molecule has 0 radical (unpaired) electrons. The molecule has 0 spiro atoms. The molecule has 1 heteroatoms. The molecule has 1 saturated heterocycles. The number of rotatable bonds is 0. The van der Waals surface area contributed by atoms with E-state index < -0.39 is 0 Å². The second-order valence-corrected chi connectivity index (χ2v) is 5.40. The van der Waals surface area contributed by atoms with Crippen LogP contribution in [0.1, 0.15) is 22.3 Å². The number of nitrogens with one attached hydrogen (secondary N) is 1. The average Bonchev–Trinajstić information content (AvgIpc) is 2.56. The van der Waals surface area contributed by atoms with Crippen molar-refractivity contribution in [2.24, 2.45) is 0 Å². The lowest BCUT2D eigenvalue weighted by molar-refractivity contribution is 0.671. The van der Waals surface area contributed by atoms with Crippen molar-refractivity contribution in [3.05, 3.63) is 76.4 Å². The van der Waals surface area contributed by atoms with Gasteiger partial charge in [0.2, 0.25) is 0 Å². The Morgan fingerprint density at radius 1 is 0.684 bits per heavy atom. The highest BCUT2D eigenvalue weighted by Gasteiger charge is 2.22. The maximum absolute atomic E-state index is 3.38. The predicted molar refractivity (Wildman–Crippen MR) is 79.2 cm³/mol. The molecule has 0 atom stereocenters. The largest absolute Gasteiger partial charge is 0.309 e. The van der Waals surface area contributed by atoms with Crippen LogP contribution >= 0.6 is 0 Å². The molecule has 1 N–H and O–H groups in total. The molecule has 2 aromatic carbocycles. The van der Waals surface area contributed by atoms with E-state index in [9.17, 15) is 0 Å². The standard InChI is InChI=1S/C18H17N/c1-3-7-16-13(5-1)9-10-14-6-2-4-8-17(14)18(16)15-11-19-12-15/h1-8,19H,9-12H2. The lowest BCUT2D eigenvalue weighted by Gasteiger charge is -2.25. The van der Waals surface area contributed by atoms with E-state index in [1.165, 1.54) is 27.8 Å². The minimum absolute atomic E-state index is 1.04. The molecular weight excluding hydrogens is 230 g/mol. The Labute approximate surface area is 114 Å². The molecule has 2 aromatic rings. The van der Waals surface area contributed by atoms with Crippen molar-refractivity contribution in [1.82, 2.24) is 5.32 Å². The van der Waals surface area contributed by atoms with Gasteiger partial charge in [-0.3, -0.25) is 0 Å². The van der Waals surface area contributed by atoms with Gasteiger partial charge in [-0.1, -0.05) is 48.5 Å². The van der Waals surface area contributed by atoms with Gasteiger partial charge in [-0.2, -0.15) is 0 Å². The van der Waals surface area contributed by atoms with E-state index in [4.69, 9.17) is 0 Å². The average molecular weight is 247 g/mol. The van der Waals surface area contributed by atoms with Gasteiger partial charge in [-0.15, -0.1) is 0 Å². The van der Waals surface area contributed by atoms with Gasteiger partial charge in [0.25, 0.3) is 0 Å². The zero-order chi connectivity index (χ0) is 12.7. The van der Waals surface area contributed by atoms with Gasteiger partial charge < -0.3 is 5.32 Å². The van der Waals surface area contributed by atoms with Crippen LogP contribution < -0.4 is 5.32 Å². The second-order valence-electron chi connectivity index (χ2n) is 5.40. The third kappa shape index (κ3) is 1.73. The van der Waals surface area contributed by atoms with Crippen molar-refractivity contribution in [2.45, 2.75) is 12.8 Å². The van der Waals surface area contributed by atoms with E-state index in [1.54, 1.807) is 5.57 Å². The van der Waals surface area contributed by atoms with Gasteiger partial charge in [-0.25, -0.2) is 0 Å². The zero-order valence-electron chi connectivity index (χ0n) is 10.9. The summed E-state index contributed by atoms with van der Waals surface area (Å²) in [6.45, 7) is 2.08. The molecule has 1 nitrogen and oxygen atoms in total. The van der Waals surface area contributed by atoms with Gasteiger partial charge in [0, 0.05) is 13.1 Å². The number of fused-ring (bicyclic) bond motifs is 2. The molecule has 2 aliphatic rings. The van der Waals surface area contributed by atoms with Crippen molar-refractivity contribution in [2.75, 3.05) is 13.1 Å². The predicted octanol–water partition coefficient (Wildman–Crippen LogP) is 3.19. The summed E-state index contributed by atoms with van der Waals surface area (Å²) >= 11 is 0. The van der Waals surface area contributed by atoms with Gasteiger partial charge in [0.15, 0.2) is 0 Å². The fraction of sp³-hybridized carbons (Fsp3) is 0.222. The minimum Gasteiger partial charge on any atom is -0.309 e. The van der Waals surface area contributed by atoms with Crippen LogP contribution in [0.25, 0.3) is 5.57 Å². The van der Waals surface area contributed by atoms with Crippen LogP contribution in [-0.2, 0) is 12.8 Å². The summed E-state index contributed by atoms with van der Waals surface area (Å²) in [5.41, 5.74) is 8.93. The fourth-order valence-corrected chi connectivity index (χ4v) is 3.19. The highest BCUT2D eigenvalue weighted by Crippen LogP contribution is 2.36. The van der Waals surface area contributed by atoms with Crippen molar-refractivity contribution in [3.63, 3.8) is 0 Å². The topological polar surface area (TPSA) is 12.0 Å². The maximum atomic E-state index is 3.38. The molecule has 0 saturated carbocycles. The lowest BCUT2D eigenvalue weighted by Crippen LogP contribution is -2.35. The van der Waals surface area contributed by atoms with Gasteiger partial charge >= 0.3 is 0 Å². The summed E-state index contributed by atoms with van der Waals surface area (Å²) in [5.74, 6) is 0. The van der Waals surface area contributed by atoms with Crippen molar-refractivity contribution < 1.29 is 0 Å². The summed E-state index contributed by atoms with van der Waals surface area (Å²) in [6.07, 6.45) is 2.30. The fourth-order valence-electron chi connectivity index (χ4n) is 3.19. The quantitative estimate of drug-likeness (QED) is 0.754. The molecule has 1 heterocycles. The Bertz CT molecular complexity index is 611. The molecule has 0 amide bonds. The Morgan fingerprint density at radius 3 is 1.68 bits per heavy atom. The molecule has 4 rings (SSSR count). The van der Waals surface area contributed by atoms with Crippen molar-refractivity contribution >= 4 is 5.57 Å². The third-order valence-corrected chi connectivity index (χ3v) is 4.27. The van der Waals surface area contributed by atoms with Crippen molar-refractivity contribution in [1.29, 1.82) is 0 Å². The molecule has 0 bridgehead atoms. The van der Waals surface area contributed by atoms with E-state index in [-0.39, 0.29) is 0 Å². The zero-order valence-corrected chi connectivity index (χ0v) is 10.9. The molecule has 0 aromatic heterocycles. The van der Waals surface area contributed by atoms with E-state index >= 15 is 0 Å². The van der Waals surface area contributed by atoms with E-state index in [2.05, 4.69) is 53.8 Å². The molecule has 1 aliphatic heterocycles. The summed E-state index contributed by atoms with van der Waals surface area (Å²) in [7, 11) is 0. The molecule has 0 unspecified atom stereocenters. The summed E-state index contributed by atoms with van der Waals surface area (Å²) < 4.78 is 0. The van der Waals surface area contributed by atoms with Crippen LogP contribution in [0.4, 0.5) is 0 Å². The van der Waals surface area contributed by atoms with Gasteiger partial charge in [0.05, 0.1) is 0 Å². The Balaban J connectivity index is 2.02. The molecule has 19 heavy (non-hydrogen) atoms. The van der Waals surface area contributed by atoms with Gasteiger partial charge in [0.1, 0.15) is 0 Å². The first kappa shape index (κ1) is 11.0. The first-order valence-corrected chi connectivity index (χ1v) is 7.03. The lowest BCUT2D eigenvalue weighted by atomic mass is 9.88. The number of aryl methyl sites for hydroxylation is 2. The summed E-state index contributed by atoms with van der Waals surface area (Å²) in [6, 6.07) is 17.8. The second kappa shape index (κ2) is 4.36. The highest BCUT2D eigenvalue weighted by molar-refractivity contribution is 5.86.